The first-order valence-electron chi connectivity index (χ1n) is 9.37. The molecule has 6 nitrogen and oxygen atoms in total. The highest BCUT2D eigenvalue weighted by Crippen LogP contribution is 2.37. The molecule has 3 aromatic rings. The molecule has 0 aliphatic rings. The summed E-state index contributed by atoms with van der Waals surface area (Å²) in [4.78, 5) is 18.5. The van der Waals surface area contributed by atoms with Gasteiger partial charge in [0.1, 0.15) is 5.75 Å². The Kier molecular flexibility index (Phi) is 7.33. The molecule has 0 saturated carbocycles. The number of carbonyl (C=O) groups is 1. The van der Waals surface area contributed by atoms with Gasteiger partial charge in [0.25, 0.3) is 5.91 Å². The summed E-state index contributed by atoms with van der Waals surface area (Å²) in [6.45, 7) is 2.12. The van der Waals surface area contributed by atoms with Crippen LogP contribution in [0, 0.1) is 0 Å². The van der Waals surface area contributed by atoms with E-state index < -0.39 is 0 Å². The van der Waals surface area contributed by atoms with Gasteiger partial charge < -0.3 is 14.2 Å². The number of thiazole rings is 1. The van der Waals surface area contributed by atoms with Crippen molar-refractivity contribution < 1.29 is 19.0 Å². The predicted molar refractivity (Wildman–Crippen MR) is 123 cm³/mol. The van der Waals surface area contributed by atoms with Crippen molar-refractivity contribution in [3.8, 4) is 28.5 Å². The van der Waals surface area contributed by atoms with E-state index in [0.717, 1.165) is 33.4 Å². The summed E-state index contributed by atoms with van der Waals surface area (Å²) in [6.07, 6.45) is 1.84. The molecule has 1 aromatic heterocycles. The Hall–Kier alpha value is -2.58. The van der Waals surface area contributed by atoms with E-state index in [1.54, 1.807) is 39.5 Å². The summed E-state index contributed by atoms with van der Waals surface area (Å²) in [5.41, 5.74) is 2.27. The van der Waals surface area contributed by atoms with Crippen LogP contribution < -0.4 is 19.5 Å². The number of halogens is 1. The van der Waals surface area contributed by atoms with Crippen molar-refractivity contribution in [1.82, 2.24) is 4.98 Å². The number of carbonyl (C=O) groups excluding carboxylic acids is 1. The summed E-state index contributed by atoms with van der Waals surface area (Å²) < 4.78 is 16.7. The number of anilines is 1. The number of hydrogen-bond acceptors (Lipinski definition) is 6. The smallest absolute Gasteiger partial charge is 0.257 e. The van der Waals surface area contributed by atoms with Crippen molar-refractivity contribution in [1.29, 1.82) is 0 Å². The molecule has 0 bridgehead atoms. The molecule has 0 fully saturated rings. The number of nitrogens with zero attached hydrogens (tertiary/aromatic N) is 1. The highest BCUT2D eigenvalue weighted by atomic mass is 79.9. The van der Waals surface area contributed by atoms with Gasteiger partial charge >= 0.3 is 0 Å². The van der Waals surface area contributed by atoms with Crippen LogP contribution in [-0.4, -0.2) is 32.2 Å². The summed E-state index contributed by atoms with van der Waals surface area (Å²) in [7, 11) is 4.79. The monoisotopic (exact) mass is 490 g/mol. The standard InChI is InChI=1S/C22H23BrN2O4S/c1-5-6-19-20(13-7-10-17(28-3)18(12-13)29-4)24-22(30-19)25-21(26)14-8-9-16(27-2)15(23)11-14/h7-12H,5-6H2,1-4H3,(H,24,25,26). The molecule has 2 aromatic carbocycles. The molecule has 1 amide bonds. The third kappa shape index (κ3) is 4.76. The number of nitrogens with one attached hydrogen (secondary N) is 1. The van der Waals surface area contributed by atoms with E-state index in [-0.39, 0.29) is 5.91 Å². The highest BCUT2D eigenvalue weighted by Gasteiger charge is 2.17. The molecule has 0 saturated heterocycles. The van der Waals surface area contributed by atoms with Gasteiger partial charge in [0.05, 0.1) is 31.5 Å². The Labute approximate surface area is 188 Å². The zero-order chi connectivity index (χ0) is 21.7. The molecule has 158 valence electrons. The third-order valence-corrected chi connectivity index (χ3v) is 6.12. The second kappa shape index (κ2) is 9.95. The fourth-order valence-electron chi connectivity index (χ4n) is 2.99. The topological polar surface area (TPSA) is 69.7 Å². The van der Waals surface area contributed by atoms with E-state index in [4.69, 9.17) is 19.2 Å². The van der Waals surface area contributed by atoms with Crippen molar-refractivity contribution in [3.05, 3.63) is 51.3 Å². The van der Waals surface area contributed by atoms with E-state index in [1.165, 1.54) is 11.3 Å². The average molecular weight is 491 g/mol. The van der Waals surface area contributed by atoms with Gasteiger partial charge in [0.2, 0.25) is 0 Å². The Morgan fingerprint density at radius 2 is 1.73 bits per heavy atom. The zero-order valence-electron chi connectivity index (χ0n) is 17.2. The maximum Gasteiger partial charge on any atom is 0.257 e. The Balaban J connectivity index is 1.90. The van der Waals surface area contributed by atoms with Crippen molar-refractivity contribution >= 4 is 38.3 Å². The van der Waals surface area contributed by atoms with Gasteiger partial charge in [-0.25, -0.2) is 4.98 Å². The zero-order valence-corrected chi connectivity index (χ0v) is 19.6. The molecule has 8 heteroatoms. The number of methoxy groups -OCH3 is 3. The molecule has 0 aliphatic heterocycles. The number of rotatable bonds is 8. The average Bonchev–Trinajstić information content (AvgIpc) is 3.15. The molecule has 1 heterocycles. The maximum absolute atomic E-state index is 12.7. The lowest BCUT2D eigenvalue weighted by molar-refractivity contribution is 0.102. The number of ether oxygens (including phenoxy) is 3. The molecular formula is C22H23BrN2O4S. The van der Waals surface area contributed by atoms with Gasteiger partial charge in [0.15, 0.2) is 16.6 Å². The summed E-state index contributed by atoms with van der Waals surface area (Å²) in [6, 6.07) is 10.9. The Bertz CT molecular complexity index is 1050. The van der Waals surface area contributed by atoms with Gasteiger partial charge in [-0.15, -0.1) is 11.3 Å². The summed E-state index contributed by atoms with van der Waals surface area (Å²) in [5.74, 6) is 1.74. The molecule has 0 unspecified atom stereocenters. The van der Waals surface area contributed by atoms with E-state index in [1.807, 2.05) is 18.2 Å². The molecule has 0 radical (unpaired) electrons. The van der Waals surface area contributed by atoms with E-state index in [0.29, 0.717) is 27.9 Å². The first-order valence-corrected chi connectivity index (χ1v) is 11.0. The van der Waals surface area contributed by atoms with Crippen molar-refractivity contribution in [2.24, 2.45) is 0 Å². The second-order valence-electron chi connectivity index (χ2n) is 6.41. The minimum absolute atomic E-state index is 0.228. The van der Waals surface area contributed by atoms with Crippen molar-refractivity contribution in [2.75, 3.05) is 26.6 Å². The maximum atomic E-state index is 12.7. The summed E-state index contributed by atoms with van der Waals surface area (Å²) in [5, 5.41) is 3.47. The van der Waals surface area contributed by atoms with Crippen molar-refractivity contribution in [3.63, 3.8) is 0 Å². The van der Waals surface area contributed by atoms with Crippen LogP contribution in [0.15, 0.2) is 40.9 Å². The molecule has 1 N–H and O–H groups in total. The number of amides is 1. The van der Waals surface area contributed by atoms with Gasteiger partial charge in [0, 0.05) is 16.0 Å². The molecule has 0 spiro atoms. The van der Waals surface area contributed by atoms with Crippen LogP contribution in [-0.2, 0) is 6.42 Å². The van der Waals surface area contributed by atoms with E-state index in [9.17, 15) is 4.79 Å². The second-order valence-corrected chi connectivity index (χ2v) is 8.35. The highest BCUT2D eigenvalue weighted by molar-refractivity contribution is 9.10. The Morgan fingerprint density at radius 3 is 2.37 bits per heavy atom. The number of hydrogen-bond donors (Lipinski definition) is 1. The van der Waals surface area contributed by atoms with E-state index >= 15 is 0 Å². The molecule has 0 aliphatic carbocycles. The Morgan fingerprint density at radius 1 is 1.03 bits per heavy atom. The molecule has 0 atom stereocenters. The van der Waals surface area contributed by atoms with E-state index in [2.05, 4.69) is 28.2 Å². The third-order valence-electron chi connectivity index (χ3n) is 4.47. The molecule has 3 rings (SSSR count). The number of aromatic nitrogens is 1. The first-order chi connectivity index (χ1) is 14.5. The van der Waals surface area contributed by atoms with Crippen molar-refractivity contribution in [2.45, 2.75) is 19.8 Å². The molecular weight excluding hydrogens is 468 g/mol. The quantitative estimate of drug-likeness (QED) is 0.431. The largest absolute Gasteiger partial charge is 0.496 e. The van der Waals surface area contributed by atoms with Crippen LogP contribution in [0.4, 0.5) is 5.13 Å². The fraction of sp³-hybridized carbons (Fsp3) is 0.273. The van der Waals surface area contributed by atoms with Crippen LogP contribution in [0.2, 0.25) is 0 Å². The normalized spacial score (nSPS) is 10.6. The lowest BCUT2D eigenvalue weighted by Crippen LogP contribution is -2.11. The fourth-order valence-corrected chi connectivity index (χ4v) is 4.61. The van der Waals surface area contributed by atoms with Gasteiger partial charge in [-0.05, 0) is 58.7 Å². The van der Waals surface area contributed by atoms with Crippen LogP contribution in [0.25, 0.3) is 11.3 Å². The SMILES string of the molecule is CCCc1sc(NC(=O)c2ccc(OC)c(Br)c2)nc1-c1ccc(OC)c(OC)c1. The van der Waals surface area contributed by atoms with Crippen LogP contribution in [0.3, 0.4) is 0 Å². The minimum Gasteiger partial charge on any atom is -0.496 e. The van der Waals surface area contributed by atoms with Crippen LogP contribution >= 0.6 is 27.3 Å². The van der Waals surface area contributed by atoms with Crippen LogP contribution in [0.5, 0.6) is 17.2 Å². The van der Waals surface area contributed by atoms with Gasteiger partial charge in [-0.1, -0.05) is 13.3 Å². The van der Waals surface area contributed by atoms with Gasteiger partial charge in [-0.3, -0.25) is 10.1 Å². The summed E-state index contributed by atoms with van der Waals surface area (Å²) >= 11 is 4.90. The molecule has 30 heavy (non-hydrogen) atoms. The lowest BCUT2D eigenvalue weighted by Gasteiger charge is -2.09. The van der Waals surface area contributed by atoms with Crippen LogP contribution in [0.1, 0.15) is 28.6 Å². The van der Waals surface area contributed by atoms with Gasteiger partial charge in [-0.2, -0.15) is 0 Å². The number of aryl methyl sites for hydroxylation is 1. The predicted octanol–water partition coefficient (Wildman–Crippen LogP) is 5.80. The minimum atomic E-state index is -0.228. The number of benzene rings is 2. The first kappa shape index (κ1) is 22.1. The lowest BCUT2D eigenvalue weighted by atomic mass is 10.1.